The normalized spacial score (nSPS) is 17.6. The van der Waals surface area contributed by atoms with E-state index < -0.39 is 0 Å². The molecule has 7 nitrogen and oxygen atoms in total. The summed E-state index contributed by atoms with van der Waals surface area (Å²) < 4.78 is 9.94. The van der Waals surface area contributed by atoms with Gasteiger partial charge >= 0.3 is 0 Å². The van der Waals surface area contributed by atoms with Crippen LogP contribution >= 0.6 is 0 Å². The molecule has 0 fully saturated rings. The van der Waals surface area contributed by atoms with Gasteiger partial charge in [-0.3, -0.25) is 14.4 Å². The summed E-state index contributed by atoms with van der Waals surface area (Å²) in [4.78, 5) is 15.7. The van der Waals surface area contributed by atoms with E-state index in [0.717, 1.165) is 38.3 Å². The average molecular weight is 374 g/mol. The number of ether oxygens (including phenoxy) is 1. The Bertz CT molecular complexity index is 764. The van der Waals surface area contributed by atoms with Gasteiger partial charge < -0.3 is 14.2 Å². The number of nitrogens with zero attached hydrogens (tertiary/aromatic N) is 5. The van der Waals surface area contributed by atoms with Crippen LogP contribution in [0.2, 0.25) is 0 Å². The summed E-state index contributed by atoms with van der Waals surface area (Å²) in [6.45, 7) is 6.63. The molecule has 0 aliphatic carbocycles. The van der Waals surface area contributed by atoms with Gasteiger partial charge in [0, 0.05) is 65.8 Å². The van der Waals surface area contributed by atoms with Crippen LogP contribution in [0.1, 0.15) is 23.5 Å². The van der Waals surface area contributed by atoms with Gasteiger partial charge in [0.25, 0.3) is 0 Å². The van der Waals surface area contributed by atoms with Crippen LogP contribution in [0.3, 0.4) is 0 Å². The first kappa shape index (κ1) is 19.6. The Morgan fingerprint density at radius 1 is 1.37 bits per heavy atom. The Morgan fingerprint density at radius 3 is 2.89 bits per heavy atom. The van der Waals surface area contributed by atoms with Crippen molar-refractivity contribution in [1.29, 1.82) is 0 Å². The van der Waals surface area contributed by atoms with Crippen molar-refractivity contribution in [3.63, 3.8) is 0 Å². The average Bonchev–Trinajstić information content (AvgIpc) is 3.12. The number of carbonyl (C=O) groups is 1. The molecule has 0 bridgehead atoms. The van der Waals surface area contributed by atoms with Gasteiger partial charge in [0.2, 0.25) is 5.91 Å². The highest BCUT2D eigenvalue weighted by molar-refractivity contribution is 5.76. The second kappa shape index (κ2) is 8.71. The van der Waals surface area contributed by atoms with Crippen LogP contribution in [0, 0.1) is 12.8 Å². The fraction of sp³-hybridized carbons (Fsp3) is 0.600. The van der Waals surface area contributed by atoms with Crippen molar-refractivity contribution in [2.45, 2.75) is 33.0 Å². The number of carbonyl (C=O) groups excluding carboxylic acids is 1. The van der Waals surface area contributed by atoms with E-state index in [1.54, 1.807) is 19.0 Å². The van der Waals surface area contributed by atoms with Crippen molar-refractivity contribution >= 4 is 5.91 Å². The number of aryl methyl sites for hydroxylation is 2. The molecule has 1 aliphatic rings. The van der Waals surface area contributed by atoms with Crippen LogP contribution < -0.4 is 0 Å². The van der Waals surface area contributed by atoms with Crippen molar-refractivity contribution < 1.29 is 9.53 Å². The molecule has 0 N–H and O–H groups in total. The molecule has 2 aromatic rings. The van der Waals surface area contributed by atoms with Crippen molar-refractivity contribution in [3.05, 3.63) is 41.5 Å². The van der Waals surface area contributed by atoms with E-state index in [9.17, 15) is 4.79 Å². The third kappa shape index (κ3) is 5.20. The highest BCUT2D eigenvalue weighted by atomic mass is 16.5. The van der Waals surface area contributed by atoms with E-state index in [2.05, 4.69) is 39.0 Å². The second-order valence-electron chi connectivity index (χ2n) is 7.72. The predicted octanol–water partition coefficient (Wildman–Crippen LogP) is 1.66. The summed E-state index contributed by atoms with van der Waals surface area (Å²) in [5, 5.41) is 4.47. The zero-order chi connectivity index (χ0) is 19.4. The molecule has 0 radical (unpaired) electrons. The molecule has 3 heterocycles. The topological polar surface area (TPSA) is 55.5 Å². The molecule has 1 aliphatic heterocycles. The molecule has 0 aromatic carbocycles. The lowest BCUT2D eigenvalue weighted by Gasteiger charge is -2.24. The fourth-order valence-electron chi connectivity index (χ4n) is 3.65. The van der Waals surface area contributed by atoms with Crippen LogP contribution in [0.5, 0.6) is 0 Å². The number of likely N-dealkylation sites (N-methyl/N-ethyl adjacent to an activating group) is 1. The summed E-state index contributed by atoms with van der Waals surface area (Å²) in [5.41, 5.74) is 3.64. The van der Waals surface area contributed by atoms with E-state index >= 15 is 0 Å². The van der Waals surface area contributed by atoms with E-state index in [4.69, 9.17) is 4.74 Å². The van der Waals surface area contributed by atoms with Gasteiger partial charge in [-0.1, -0.05) is 0 Å². The first-order valence-electron chi connectivity index (χ1n) is 9.56. The first-order chi connectivity index (χ1) is 12.9. The molecular formula is C20H31N5O2. The molecule has 7 heteroatoms. The first-order valence-corrected chi connectivity index (χ1v) is 9.56. The number of fused-ring (bicyclic) bond motifs is 1. The maximum absolute atomic E-state index is 11.6. The second-order valence-corrected chi connectivity index (χ2v) is 7.72. The molecule has 0 saturated carbocycles. The van der Waals surface area contributed by atoms with Gasteiger partial charge in [-0.05, 0) is 37.5 Å². The molecule has 3 rings (SSSR count). The Hall–Kier alpha value is -2.12. The standard InChI is InChI=1S/C20H31N5O2/c1-16-10-19(23(4)21-16)14-24-11-17(7-9-27-15-20(26)22(2)3)12-25-8-5-6-18(25)13-24/h5-6,8,10,17H,7,9,11-15H2,1-4H3. The molecule has 148 valence electrons. The maximum Gasteiger partial charge on any atom is 0.248 e. The van der Waals surface area contributed by atoms with Crippen LogP contribution in [-0.2, 0) is 36.2 Å². The predicted molar refractivity (Wildman–Crippen MR) is 104 cm³/mol. The number of rotatable bonds is 7. The van der Waals surface area contributed by atoms with Gasteiger partial charge in [-0.25, -0.2) is 0 Å². The SMILES string of the molecule is Cc1cc(CN2Cc3cccn3CC(CCOCC(=O)N(C)C)C2)n(C)n1. The molecule has 0 spiro atoms. The van der Waals surface area contributed by atoms with Crippen LogP contribution in [-0.4, -0.2) is 63.9 Å². The monoisotopic (exact) mass is 373 g/mol. The van der Waals surface area contributed by atoms with Crippen molar-refractivity contribution in [2.24, 2.45) is 13.0 Å². The Kier molecular flexibility index (Phi) is 6.34. The number of amides is 1. The maximum atomic E-state index is 11.6. The molecule has 0 saturated heterocycles. The molecule has 1 unspecified atom stereocenters. The lowest BCUT2D eigenvalue weighted by molar-refractivity contribution is -0.133. The van der Waals surface area contributed by atoms with Gasteiger partial charge in [-0.2, -0.15) is 5.10 Å². The van der Waals surface area contributed by atoms with E-state index in [1.165, 1.54) is 11.4 Å². The molecule has 1 amide bonds. The van der Waals surface area contributed by atoms with Crippen LogP contribution in [0.15, 0.2) is 24.4 Å². The number of aromatic nitrogens is 3. The minimum absolute atomic E-state index is 0.0109. The van der Waals surface area contributed by atoms with E-state index in [1.807, 2.05) is 18.7 Å². The highest BCUT2D eigenvalue weighted by Gasteiger charge is 2.22. The summed E-state index contributed by atoms with van der Waals surface area (Å²) in [6, 6.07) is 6.49. The number of hydrogen-bond acceptors (Lipinski definition) is 4. The Labute approximate surface area is 161 Å². The zero-order valence-corrected chi connectivity index (χ0v) is 16.9. The Morgan fingerprint density at radius 2 is 2.19 bits per heavy atom. The third-order valence-corrected chi connectivity index (χ3v) is 5.16. The number of hydrogen-bond donors (Lipinski definition) is 0. The van der Waals surface area contributed by atoms with E-state index in [0.29, 0.717) is 12.5 Å². The smallest absolute Gasteiger partial charge is 0.248 e. The van der Waals surface area contributed by atoms with E-state index in [-0.39, 0.29) is 12.5 Å². The minimum Gasteiger partial charge on any atom is -0.372 e. The highest BCUT2D eigenvalue weighted by Crippen LogP contribution is 2.21. The Balaban J connectivity index is 1.60. The summed E-state index contributed by atoms with van der Waals surface area (Å²) in [6.07, 6.45) is 3.11. The third-order valence-electron chi connectivity index (χ3n) is 5.16. The zero-order valence-electron chi connectivity index (χ0n) is 16.9. The van der Waals surface area contributed by atoms with Gasteiger partial charge in [0.1, 0.15) is 6.61 Å². The fourth-order valence-corrected chi connectivity index (χ4v) is 3.65. The molecular weight excluding hydrogens is 342 g/mol. The van der Waals surface area contributed by atoms with Crippen molar-refractivity contribution in [3.8, 4) is 0 Å². The molecule has 2 aromatic heterocycles. The van der Waals surface area contributed by atoms with Crippen molar-refractivity contribution in [1.82, 2.24) is 24.1 Å². The van der Waals surface area contributed by atoms with Crippen LogP contribution in [0.25, 0.3) is 0 Å². The summed E-state index contributed by atoms with van der Waals surface area (Å²) in [7, 11) is 5.52. The summed E-state index contributed by atoms with van der Waals surface area (Å²) >= 11 is 0. The van der Waals surface area contributed by atoms with Gasteiger partial charge in [-0.15, -0.1) is 0 Å². The van der Waals surface area contributed by atoms with Crippen LogP contribution in [0.4, 0.5) is 0 Å². The minimum atomic E-state index is 0.0109. The van der Waals surface area contributed by atoms with Gasteiger partial charge in [0.15, 0.2) is 0 Å². The largest absolute Gasteiger partial charge is 0.372 e. The summed E-state index contributed by atoms with van der Waals surface area (Å²) in [5.74, 6) is 0.499. The quantitative estimate of drug-likeness (QED) is 0.693. The lowest BCUT2D eigenvalue weighted by Crippen LogP contribution is -2.30. The van der Waals surface area contributed by atoms with Crippen molar-refractivity contribution in [2.75, 3.05) is 33.9 Å². The van der Waals surface area contributed by atoms with Gasteiger partial charge in [0.05, 0.1) is 11.4 Å². The molecule has 27 heavy (non-hydrogen) atoms. The lowest BCUT2D eigenvalue weighted by atomic mass is 10.1. The molecule has 1 atom stereocenters.